The van der Waals surface area contributed by atoms with Gasteiger partial charge in [0.05, 0.1) is 26.2 Å². The van der Waals surface area contributed by atoms with Crippen LogP contribution in [0.3, 0.4) is 0 Å². The van der Waals surface area contributed by atoms with E-state index in [1.807, 2.05) is 13.8 Å². The first kappa shape index (κ1) is 28.5. The van der Waals surface area contributed by atoms with Gasteiger partial charge in [-0.3, -0.25) is 4.79 Å². The molecule has 0 aromatic heterocycles. The largest absolute Gasteiger partial charge is 0.379 e. The Kier molecular flexibility index (Phi) is 16.5. The van der Waals surface area contributed by atoms with Crippen molar-refractivity contribution in [3.8, 4) is 0 Å². The molecule has 1 aliphatic carbocycles. The first-order chi connectivity index (χ1) is 15.0. The summed E-state index contributed by atoms with van der Waals surface area (Å²) in [6.45, 7) is 6.96. The van der Waals surface area contributed by atoms with Crippen LogP contribution < -0.4 is 5.32 Å². The minimum Gasteiger partial charge on any atom is -0.379 e. The topological polar surface area (TPSA) is 47.6 Å². The zero-order valence-corrected chi connectivity index (χ0v) is 21.0. The third-order valence-electron chi connectivity index (χ3n) is 6.56. The Morgan fingerprint density at radius 1 is 0.903 bits per heavy atom. The maximum Gasteiger partial charge on any atom is 0.220 e. The van der Waals surface area contributed by atoms with E-state index in [2.05, 4.69) is 12.2 Å². The molecule has 2 radical (unpaired) electrons. The standard InChI is InChI=1S/C26H50BNO3/c1-5-6-7-8-9-10-11-12-13-14-15-16-17-18-24(29)28-20-22-19-23(27)26(30-4)25(22)31-21(2)3/h21-23,25-26H,5-20H2,1-4H3,(H,28,29)/t22-,23-,25?,26?/m1/s1. The van der Waals surface area contributed by atoms with Crippen LogP contribution in [-0.2, 0) is 14.3 Å². The molecule has 1 N–H and O–H groups in total. The lowest BCUT2D eigenvalue weighted by Crippen LogP contribution is -2.39. The molecular formula is C26H50BNO3. The summed E-state index contributed by atoms with van der Waals surface area (Å²) in [6.07, 6.45) is 18.6. The summed E-state index contributed by atoms with van der Waals surface area (Å²) in [4.78, 5) is 12.2. The van der Waals surface area contributed by atoms with Crippen molar-refractivity contribution in [3.05, 3.63) is 0 Å². The predicted octanol–water partition coefficient (Wildman–Crippen LogP) is 6.37. The number of rotatable bonds is 19. The van der Waals surface area contributed by atoms with E-state index >= 15 is 0 Å². The molecule has 4 atom stereocenters. The molecule has 2 unspecified atom stereocenters. The normalized spacial score (nSPS) is 23.5. The quantitative estimate of drug-likeness (QED) is 0.189. The second-order valence-electron chi connectivity index (χ2n) is 9.81. The number of amides is 1. The number of unbranched alkanes of at least 4 members (excludes halogenated alkanes) is 12. The van der Waals surface area contributed by atoms with E-state index in [1.165, 1.54) is 70.6 Å². The third-order valence-corrected chi connectivity index (χ3v) is 6.56. The molecule has 0 aromatic rings. The lowest BCUT2D eigenvalue weighted by molar-refractivity contribution is -0.122. The lowest BCUT2D eigenvalue weighted by Gasteiger charge is -2.27. The number of hydrogen-bond acceptors (Lipinski definition) is 3. The first-order valence-electron chi connectivity index (χ1n) is 13.2. The van der Waals surface area contributed by atoms with Gasteiger partial charge in [-0.15, -0.1) is 0 Å². The molecule has 180 valence electrons. The number of carbonyl (C=O) groups is 1. The van der Waals surface area contributed by atoms with Gasteiger partial charge in [-0.05, 0) is 32.5 Å². The highest BCUT2D eigenvalue weighted by atomic mass is 16.5. The zero-order valence-electron chi connectivity index (χ0n) is 21.0. The van der Waals surface area contributed by atoms with E-state index in [1.54, 1.807) is 7.11 Å². The lowest BCUT2D eigenvalue weighted by atomic mass is 9.83. The van der Waals surface area contributed by atoms with Crippen LogP contribution in [0.5, 0.6) is 0 Å². The van der Waals surface area contributed by atoms with E-state index < -0.39 is 0 Å². The number of nitrogens with one attached hydrogen (secondary N) is 1. The number of ether oxygens (including phenoxy) is 2. The molecule has 0 spiro atoms. The van der Waals surface area contributed by atoms with Crippen molar-refractivity contribution in [3.63, 3.8) is 0 Å². The Bertz CT molecular complexity index is 446. The highest BCUT2D eigenvalue weighted by Crippen LogP contribution is 2.38. The van der Waals surface area contributed by atoms with Crippen molar-refractivity contribution in [2.75, 3.05) is 13.7 Å². The summed E-state index contributed by atoms with van der Waals surface area (Å²) in [5.41, 5.74) is 0. The van der Waals surface area contributed by atoms with E-state index in [9.17, 15) is 4.79 Å². The van der Waals surface area contributed by atoms with Crippen LogP contribution >= 0.6 is 0 Å². The van der Waals surface area contributed by atoms with Gasteiger partial charge in [-0.1, -0.05) is 84.0 Å². The van der Waals surface area contributed by atoms with Crippen LogP contribution in [-0.4, -0.2) is 45.7 Å². The van der Waals surface area contributed by atoms with Crippen LogP contribution in [0.1, 0.15) is 117 Å². The summed E-state index contributed by atoms with van der Waals surface area (Å²) in [5.74, 6) is 0.343. The monoisotopic (exact) mass is 435 g/mol. The van der Waals surface area contributed by atoms with Gasteiger partial charge in [0.25, 0.3) is 0 Å². The number of hydrogen-bond donors (Lipinski definition) is 1. The molecule has 0 aromatic carbocycles. The summed E-state index contributed by atoms with van der Waals surface area (Å²) < 4.78 is 11.6. The minimum atomic E-state index is -0.0923. The Morgan fingerprint density at radius 3 is 1.90 bits per heavy atom. The molecular weight excluding hydrogens is 385 g/mol. The molecule has 31 heavy (non-hydrogen) atoms. The van der Waals surface area contributed by atoms with Crippen LogP contribution in [0.15, 0.2) is 0 Å². The van der Waals surface area contributed by atoms with E-state index in [4.69, 9.17) is 17.3 Å². The van der Waals surface area contributed by atoms with Gasteiger partial charge in [0.15, 0.2) is 0 Å². The second kappa shape index (κ2) is 17.9. The van der Waals surface area contributed by atoms with Gasteiger partial charge in [0.2, 0.25) is 5.91 Å². The van der Waals surface area contributed by atoms with Crippen LogP contribution in [0.25, 0.3) is 0 Å². The fourth-order valence-corrected chi connectivity index (χ4v) is 4.78. The van der Waals surface area contributed by atoms with Crippen LogP contribution in [0.4, 0.5) is 0 Å². The molecule has 4 nitrogen and oxygen atoms in total. The summed E-state index contributed by atoms with van der Waals surface area (Å²) in [5, 5.41) is 3.11. The molecule has 5 heteroatoms. The first-order valence-corrected chi connectivity index (χ1v) is 13.2. The fraction of sp³-hybridized carbons (Fsp3) is 0.962. The van der Waals surface area contributed by atoms with Crippen molar-refractivity contribution < 1.29 is 14.3 Å². The molecule has 0 aliphatic heterocycles. The van der Waals surface area contributed by atoms with Crippen molar-refractivity contribution in [1.29, 1.82) is 0 Å². The van der Waals surface area contributed by atoms with Crippen molar-refractivity contribution in [2.24, 2.45) is 5.92 Å². The summed E-state index contributed by atoms with van der Waals surface area (Å²) in [7, 11) is 7.92. The highest BCUT2D eigenvalue weighted by Gasteiger charge is 2.42. The van der Waals surface area contributed by atoms with Gasteiger partial charge >= 0.3 is 0 Å². The second-order valence-corrected chi connectivity index (χ2v) is 9.81. The van der Waals surface area contributed by atoms with Gasteiger partial charge in [0, 0.05) is 26.0 Å². The summed E-state index contributed by atoms with van der Waals surface area (Å²) >= 11 is 0. The SMILES string of the molecule is [B][C@@H]1C[C@H](CNC(=O)CCCCCCCCCCCCCCC)C(OC(C)C)C1OC. The van der Waals surface area contributed by atoms with Crippen LogP contribution in [0.2, 0.25) is 5.82 Å². The van der Waals surface area contributed by atoms with Gasteiger partial charge in [-0.2, -0.15) is 0 Å². The van der Waals surface area contributed by atoms with Crippen LogP contribution in [0, 0.1) is 5.92 Å². The van der Waals surface area contributed by atoms with E-state index in [-0.39, 0.29) is 36.0 Å². The smallest absolute Gasteiger partial charge is 0.220 e. The number of carbonyl (C=O) groups excluding carboxylic acids is 1. The summed E-state index contributed by atoms with van der Waals surface area (Å²) in [6, 6.07) is 0. The Hall–Kier alpha value is -0.545. The van der Waals surface area contributed by atoms with E-state index in [0.717, 1.165) is 19.3 Å². The minimum absolute atomic E-state index is 0.0308. The molecule has 1 amide bonds. The average molecular weight is 436 g/mol. The fourth-order valence-electron chi connectivity index (χ4n) is 4.78. The zero-order chi connectivity index (χ0) is 22.9. The maximum atomic E-state index is 12.2. The number of methoxy groups -OCH3 is 1. The Labute approximate surface area is 194 Å². The molecule has 0 bridgehead atoms. The molecule has 0 heterocycles. The van der Waals surface area contributed by atoms with Gasteiger partial charge < -0.3 is 14.8 Å². The predicted molar refractivity (Wildman–Crippen MR) is 132 cm³/mol. The Morgan fingerprint density at radius 2 is 1.42 bits per heavy atom. The van der Waals surface area contributed by atoms with Crippen molar-refractivity contribution >= 4 is 13.8 Å². The molecule has 1 saturated carbocycles. The Balaban J connectivity index is 2.02. The molecule has 1 aliphatic rings. The highest BCUT2D eigenvalue weighted by molar-refractivity contribution is 6.12. The third kappa shape index (κ3) is 12.9. The van der Waals surface area contributed by atoms with Crippen molar-refractivity contribution in [2.45, 2.75) is 141 Å². The molecule has 0 saturated heterocycles. The molecule has 1 rings (SSSR count). The van der Waals surface area contributed by atoms with E-state index in [0.29, 0.717) is 13.0 Å². The molecule has 1 fully saturated rings. The maximum absolute atomic E-state index is 12.2. The van der Waals surface area contributed by atoms with Crippen molar-refractivity contribution in [1.82, 2.24) is 5.32 Å². The van der Waals surface area contributed by atoms with Gasteiger partial charge in [0.1, 0.15) is 0 Å². The van der Waals surface area contributed by atoms with Gasteiger partial charge in [-0.25, -0.2) is 0 Å². The average Bonchev–Trinajstić information content (AvgIpc) is 3.03.